The van der Waals surface area contributed by atoms with E-state index in [9.17, 15) is 18.0 Å². The van der Waals surface area contributed by atoms with E-state index in [2.05, 4.69) is 14.7 Å². The number of rotatable bonds is 4. The summed E-state index contributed by atoms with van der Waals surface area (Å²) in [5.41, 5.74) is 1.79. The number of hydrogen-bond acceptors (Lipinski definition) is 3. The van der Waals surface area contributed by atoms with Crippen LogP contribution in [0.5, 0.6) is 5.75 Å². The quantitative estimate of drug-likeness (QED) is 0.760. The summed E-state index contributed by atoms with van der Waals surface area (Å²) in [4.78, 5) is 18.7. The number of alkyl halides is 3. The maximum atomic E-state index is 12.3. The minimum absolute atomic E-state index is 0.223. The Hall–Kier alpha value is -3.03. The second-order valence-electron chi connectivity index (χ2n) is 6.10. The van der Waals surface area contributed by atoms with Crippen molar-refractivity contribution in [1.29, 1.82) is 0 Å². The first-order valence-corrected chi connectivity index (χ1v) is 8.03. The number of hydrogen-bond donors (Lipinski definition) is 1. The number of nitrogens with zero attached hydrogens (tertiary/aromatic N) is 2. The number of nitrogens with one attached hydrogen (secondary N) is 1. The Morgan fingerprint density at radius 2 is 1.85 bits per heavy atom. The molecule has 3 aromatic rings. The van der Waals surface area contributed by atoms with Gasteiger partial charge in [0.25, 0.3) is 0 Å². The van der Waals surface area contributed by atoms with Crippen LogP contribution in [-0.2, 0) is 0 Å². The van der Waals surface area contributed by atoms with Gasteiger partial charge < -0.3 is 14.3 Å². The van der Waals surface area contributed by atoms with Crippen LogP contribution in [0.25, 0.3) is 22.6 Å². The highest BCUT2D eigenvalue weighted by Gasteiger charge is 2.31. The van der Waals surface area contributed by atoms with E-state index in [1.165, 1.54) is 18.2 Å². The Labute approximate surface area is 146 Å². The zero-order valence-corrected chi connectivity index (χ0v) is 13.5. The Balaban J connectivity index is 1.70. The highest BCUT2D eigenvalue weighted by atomic mass is 19.4. The lowest BCUT2D eigenvalue weighted by Crippen LogP contribution is -2.16. The van der Waals surface area contributed by atoms with Crippen LogP contribution in [0.2, 0.25) is 0 Å². The molecule has 1 aliphatic rings. The van der Waals surface area contributed by atoms with E-state index in [0.717, 1.165) is 12.8 Å². The van der Waals surface area contributed by atoms with Crippen molar-refractivity contribution >= 4 is 0 Å². The Kier molecular flexibility index (Phi) is 3.82. The molecule has 1 aromatic carbocycles. The van der Waals surface area contributed by atoms with Gasteiger partial charge in [-0.1, -0.05) is 0 Å². The lowest BCUT2D eigenvalue weighted by molar-refractivity contribution is -0.274. The molecular weight excluding hydrogens is 347 g/mol. The fraction of sp³-hybridized carbons (Fsp3) is 0.222. The van der Waals surface area contributed by atoms with Crippen LogP contribution in [0.1, 0.15) is 18.9 Å². The summed E-state index contributed by atoms with van der Waals surface area (Å²) in [6, 6.07) is 9.16. The fourth-order valence-corrected chi connectivity index (χ4v) is 2.79. The largest absolute Gasteiger partial charge is 0.573 e. The lowest BCUT2D eigenvalue weighted by atomic mass is 10.2. The summed E-state index contributed by atoms with van der Waals surface area (Å²) in [5.74, 6) is 0.377. The Morgan fingerprint density at radius 1 is 1.12 bits per heavy atom. The van der Waals surface area contributed by atoms with E-state index in [-0.39, 0.29) is 11.3 Å². The lowest BCUT2D eigenvalue weighted by Gasteiger charge is -2.10. The van der Waals surface area contributed by atoms with Gasteiger partial charge in [-0.25, -0.2) is 4.98 Å². The van der Waals surface area contributed by atoms with Crippen LogP contribution in [0.15, 0.2) is 53.6 Å². The van der Waals surface area contributed by atoms with Gasteiger partial charge in [-0.2, -0.15) is 0 Å². The molecule has 0 radical (unpaired) electrons. The topological polar surface area (TPSA) is 59.9 Å². The number of pyridine rings is 1. The van der Waals surface area contributed by atoms with E-state index < -0.39 is 6.36 Å². The molecule has 1 N–H and O–H groups in total. The molecule has 1 aliphatic carbocycles. The standard InChI is InChI=1S/C18H14F3N3O2/c19-18(20,21)26-14-5-1-11(2-6-14)17-23-15(10-24(17)13-3-4-13)12-7-8-22-16(25)9-12/h1-2,5-10,13H,3-4H2,(H,22,25). The van der Waals surface area contributed by atoms with Gasteiger partial charge in [0.1, 0.15) is 11.6 Å². The van der Waals surface area contributed by atoms with Crippen molar-refractivity contribution in [1.82, 2.24) is 14.5 Å². The fourth-order valence-electron chi connectivity index (χ4n) is 2.79. The van der Waals surface area contributed by atoms with Gasteiger partial charge in [0, 0.05) is 35.6 Å². The first-order valence-electron chi connectivity index (χ1n) is 8.03. The SMILES string of the molecule is O=c1cc(-c2cn(C3CC3)c(-c3ccc(OC(F)(F)F)cc3)n2)cc[nH]1. The monoisotopic (exact) mass is 361 g/mol. The molecular formula is C18H14F3N3O2. The number of benzene rings is 1. The molecule has 134 valence electrons. The summed E-state index contributed by atoms with van der Waals surface area (Å²) in [6.07, 6.45) is 0.751. The number of ether oxygens (including phenoxy) is 1. The van der Waals surface area contributed by atoms with Crippen LogP contribution >= 0.6 is 0 Å². The number of aromatic nitrogens is 3. The van der Waals surface area contributed by atoms with Gasteiger partial charge in [-0.15, -0.1) is 13.2 Å². The molecule has 4 rings (SSSR count). The maximum absolute atomic E-state index is 12.3. The third-order valence-electron chi connectivity index (χ3n) is 4.09. The molecule has 0 amide bonds. The van der Waals surface area contributed by atoms with Gasteiger partial charge in [-0.3, -0.25) is 4.79 Å². The molecule has 0 aliphatic heterocycles. The zero-order valence-electron chi connectivity index (χ0n) is 13.5. The van der Waals surface area contributed by atoms with Gasteiger partial charge in [-0.05, 0) is 43.2 Å². The predicted molar refractivity (Wildman–Crippen MR) is 88.7 cm³/mol. The summed E-state index contributed by atoms with van der Waals surface area (Å²) in [6.45, 7) is 0. The molecule has 0 unspecified atom stereocenters. The summed E-state index contributed by atoms with van der Waals surface area (Å²) >= 11 is 0. The Bertz CT molecular complexity index is 986. The second-order valence-corrected chi connectivity index (χ2v) is 6.10. The Morgan fingerprint density at radius 3 is 2.46 bits per heavy atom. The normalized spacial score (nSPS) is 14.4. The van der Waals surface area contributed by atoms with E-state index in [1.807, 2.05) is 10.8 Å². The van der Waals surface area contributed by atoms with Crippen LogP contribution in [0, 0.1) is 0 Å². The molecule has 0 saturated heterocycles. The number of H-pyrrole nitrogens is 1. The summed E-state index contributed by atoms with van der Waals surface area (Å²) in [5, 5.41) is 0. The predicted octanol–water partition coefficient (Wildman–Crippen LogP) is 4.14. The molecule has 5 nitrogen and oxygen atoms in total. The molecule has 2 aromatic heterocycles. The molecule has 8 heteroatoms. The smallest absolute Gasteiger partial charge is 0.406 e. The third kappa shape index (κ3) is 3.49. The van der Waals surface area contributed by atoms with Crippen molar-refractivity contribution in [3.8, 4) is 28.4 Å². The first-order chi connectivity index (χ1) is 12.4. The number of aromatic amines is 1. The third-order valence-corrected chi connectivity index (χ3v) is 4.09. The van der Waals surface area contributed by atoms with Crippen molar-refractivity contribution in [3.05, 3.63) is 59.1 Å². The average molecular weight is 361 g/mol. The van der Waals surface area contributed by atoms with Crippen molar-refractivity contribution in [2.45, 2.75) is 25.2 Å². The van der Waals surface area contributed by atoms with E-state index in [4.69, 9.17) is 0 Å². The second kappa shape index (κ2) is 6.05. The number of imidazole rings is 1. The molecule has 0 spiro atoms. The highest BCUT2D eigenvalue weighted by Crippen LogP contribution is 2.40. The molecule has 1 fully saturated rings. The van der Waals surface area contributed by atoms with Crippen molar-refractivity contribution in [2.75, 3.05) is 0 Å². The first kappa shape index (κ1) is 16.4. The van der Waals surface area contributed by atoms with E-state index >= 15 is 0 Å². The maximum Gasteiger partial charge on any atom is 0.573 e. The van der Waals surface area contributed by atoms with Gasteiger partial charge in [0.15, 0.2) is 0 Å². The molecule has 0 bridgehead atoms. The van der Waals surface area contributed by atoms with Crippen molar-refractivity contribution in [2.24, 2.45) is 0 Å². The number of halogens is 3. The summed E-state index contributed by atoms with van der Waals surface area (Å²) in [7, 11) is 0. The van der Waals surface area contributed by atoms with E-state index in [0.29, 0.717) is 28.7 Å². The van der Waals surface area contributed by atoms with E-state index in [1.54, 1.807) is 24.4 Å². The summed E-state index contributed by atoms with van der Waals surface area (Å²) < 4.78 is 42.8. The van der Waals surface area contributed by atoms with Gasteiger partial charge in [0.2, 0.25) is 5.56 Å². The van der Waals surface area contributed by atoms with Crippen molar-refractivity contribution in [3.63, 3.8) is 0 Å². The van der Waals surface area contributed by atoms with Crippen LogP contribution < -0.4 is 10.3 Å². The minimum Gasteiger partial charge on any atom is -0.406 e. The molecule has 26 heavy (non-hydrogen) atoms. The highest BCUT2D eigenvalue weighted by molar-refractivity contribution is 5.65. The average Bonchev–Trinajstić information content (AvgIpc) is 3.33. The van der Waals surface area contributed by atoms with Gasteiger partial charge in [0.05, 0.1) is 5.69 Å². The van der Waals surface area contributed by atoms with Crippen LogP contribution in [0.4, 0.5) is 13.2 Å². The van der Waals surface area contributed by atoms with Gasteiger partial charge >= 0.3 is 6.36 Å². The van der Waals surface area contributed by atoms with Crippen molar-refractivity contribution < 1.29 is 17.9 Å². The van der Waals surface area contributed by atoms with Crippen LogP contribution in [-0.4, -0.2) is 20.9 Å². The molecule has 2 heterocycles. The minimum atomic E-state index is -4.72. The molecule has 0 atom stereocenters. The van der Waals surface area contributed by atoms with Crippen LogP contribution in [0.3, 0.4) is 0 Å². The zero-order chi connectivity index (χ0) is 18.3. The molecule has 1 saturated carbocycles.